The van der Waals surface area contributed by atoms with Crippen LogP contribution in [0.3, 0.4) is 0 Å². The summed E-state index contributed by atoms with van der Waals surface area (Å²) in [6, 6.07) is 0. The Morgan fingerprint density at radius 3 is 2.15 bits per heavy atom. The van der Waals surface area contributed by atoms with Gasteiger partial charge in [0.05, 0.1) is 5.57 Å². The maximum atomic E-state index is 11.4. The lowest BCUT2D eigenvalue weighted by molar-refractivity contribution is -0.198. The molecule has 0 heterocycles. The number of carbonyl (C=O) groups excluding carboxylic acids is 1. The lowest BCUT2D eigenvalue weighted by atomic mass is 10.3. The summed E-state index contributed by atoms with van der Waals surface area (Å²) in [5, 5.41) is 8.13. The summed E-state index contributed by atoms with van der Waals surface area (Å²) in [6.45, 7) is 1.89. The average molecular weight is 198 g/mol. The molecular formula is C6H5F3O4. The van der Waals surface area contributed by atoms with E-state index in [-0.39, 0.29) is 0 Å². The first kappa shape index (κ1) is 11.5. The fraction of sp³-hybridized carbons (Fsp3) is 0.333. The van der Waals surface area contributed by atoms with E-state index in [0.29, 0.717) is 0 Å². The summed E-state index contributed by atoms with van der Waals surface area (Å²) in [7, 11) is 0. The van der Waals surface area contributed by atoms with E-state index in [9.17, 15) is 22.8 Å². The topological polar surface area (TPSA) is 63.6 Å². The monoisotopic (exact) mass is 198 g/mol. The van der Waals surface area contributed by atoms with E-state index < -0.39 is 30.3 Å². The number of alkyl halides is 3. The van der Waals surface area contributed by atoms with Crippen LogP contribution in [0.2, 0.25) is 0 Å². The van der Waals surface area contributed by atoms with Gasteiger partial charge in [0.25, 0.3) is 0 Å². The zero-order chi connectivity index (χ0) is 10.6. The van der Waals surface area contributed by atoms with Crippen LogP contribution in [0.4, 0.5) is 13.2 Å². The average Bonchev–Trinajstić information content (AvgIpc) is 1.97. The van der Waals surface area contributed by atoms with Gasteiger partial charge in [-0.05, 0) is 0 Å². The van der Waals surface area contributed by atoms with Gasteiger partial charge < -0.3 is 9.84 Å². The Hall–Kier alpha value is -1.53. The fourth-order valence-corrected chi connectivity index (χ4v) is 0.296. The summed E-state index contributed by atoms with van der Waals surface area (Å²) in [5.74, 6) is -3.95. The lowest BCUT2D eigenvalue weighted by Gasteiger charge is -2.06. The van der Waals surface area contributed by atoms with Gasteiger partial charge in [0.2, 0.25) is 0 Å². The predicted octanol–water partition coefficient (Wildman–Crippen LogP) is 0.733. The Labute approximate surface area is 70.6 Å². The van der Waals surface area contributed by atoms with E-state index in [4.69, 9.17) is 5.11 Å². The highest BCUT2D eigenvalue weighted by atomic mass is 19.4. The van der Waals surface area contributed by atoms with Crippen molar-refractivity contribution >= 4 is 11.9 Å². The minimum absolute atomic E-state index is 0.627. The number of rotatable bonds is 3. The fourth-order valence-electron chi connectivity index (χ4n) is 0.296. The number of carboxylic acids is 1. The number of carbonyl (C=O) groups is 2. The van der Waals surface area contributed by atoms with Crippen LogP contribution in [-0.2, 0) is 14.3 Å². The highest BCUT2D eigenvalue weighted by Gasteiger charge is 2.41. The number of ether oxygens (including phenoxy) is 1. The van der Waals surface area contributed by atoms with Gasteiger partial charge in [0.15, 0.2) is 0 Å². The van der Waals surface area contributed by atoms with Gasteiger partial charge in [0, 0.05) is 0 Å². The molecule has 0 bridgehead atoms. The van der Waals surface area contributed by atoms with Crippen molar-refractivity contribution < 1.29 is 32.6 Å². The van der Waals surface area contributed by atoms with Crippen molar-refractivity contribution in [1.82, 2.24) is 0 Å². The van der Waals surface area contributed by atoms with Crippen molar-refractivity contribution in [2.45, 2.75) is 6.18 Å². The quantitative estimate of drug-likeness (QED) is 0.536. The molecule has 74 valence electrons. The Bertz CT molecular complexity index is 243. The maximum absolute atomic E-state index is 11.4. The minimum atomic E-state index is -5.11. The van der Waals surface area contributed by atoms with Crippen LogP contribution in [0.5, 0.6) is 0 Å². The van der Waals surface area contributed by atoms with E-state index in [2.05, 4.69) is 11.3 Å². The molecule has 0 spiro atoms. The Morgan fingerprint density at radius 2 is 1.85 bits per heavy atom. The zero-order valence-corrected chi connectivity index (χ0v) is 6.22. The Kier molecular flexibility index (Phi) is 3.46. The highest BCUT2D eigenvalue weighted by Crippen LogP contribution is 2.16. The van der Waals surface area contributed by atoms with Gasteiger partial charge in [-0.25, -0.2) is 9.59 Å². The maximum Gasteiger partial charge on any atom is 0.490 e. The van der Waals surface area contributed by atoms with Crippen molar-refractivity contribution in [3.8, 4) is 0 Å². The number of halogens is 3. The highest BCUT2D eigenvalue weighted by molar-refractivity contribution is 5.86. The van der Waals surface area contributed by atoms with Crippen LogP contribution in [0.1, 0.15) is 0 Å². The first-order valence-corrected chi connectivity index (χ1v) is 2.90. The first-order valence-electron chi connectivity index (χ1n) is 2.90. The molecule has 0 amide bonds. The molecule has 0 aliphatic carbocycles. The molecule has 1 N–H and O–H groups in total. The Balaban J connectivity index is 3.99. The number of hydrogen-bond donors (Lipinski definition) is 1. The van der Waals surface area contributed by atoms with Crippen molar-refractivity contribution in [2.75, 3.05) is 6.61 Å². The zero-order valence-electron chi connectivity index (χ0n) is 6.22. The molecule has 0 aliphatic heterocycles. The first-order chi connectivity index (χ1) is 5.75. The minimum Gasteiger partial charge on any atom is -0.478 e. The standard InChI is InChI=1S/C6H5F3O4/c1-3(4(10)11)2-13-5(12)6(7,8)9/h1-2H2,(H,10,11). The number of aliphatic carboxylic acids is 1. The van der Waals surface area contributed by atoms with Crippen LogP contribution in [0.25, 0.3) is 0 Å². The lowest BCUT2D eigenvalue weighted by Crippen LogP contribution is -2.26. The summed E-state index contributed by atoms with van der Waals surface area (Å²) in [4.78, 5) is 20.0. The molecule has 0 rings (SSSR count). The summed E-state index contributed by atoms with van der Waals surface area (Å²) in [5.41, 5.74) is -0.627. The van der Waals surface area contributed by atoms with Crippen molar-refractivity contribution in [3.05, 3.63) is 12.2 Å². The molecule has 0 unspecified atom stereocenters. The molecular weight excluding hydrogens is 193 g/mol. The summed E-state index contributed by atoms with van der Waals surface area (Å²) in [6.07, 6.45) is -5.11. The van der Waals surface area contributed by atoms with Crippen molar-refractivity contribution in [1.29, 1.82) is 0 Å². The van der Waals surface area contributed by atoms with Crippen LogP contribution < -0.4 is 0 Å². The van der Waals surface area contributed by atoms with Crippen molar-refractivity contribution in [2.24, 2.45) is 0 Å². The van der Waals surface area contributed by atoms with Gasteiger partial charge in [-0.15, -0.1) is 0 Å². The predicted molar refractivity (Wildman–Crippen MR) is 33.8 cm³/mol. The van der Waals surface area contributed by atoms with Crippen molar-refractivity contribution in [3.63, 3.8) is 0 Å². The van der Waals surface area contributed by atoms with Gasteiger partial charge >= 0.3 is 18.1 Å². The van der Waals surface area contributed by atoms with Gasteiger partial charge in [-0.3, -0.25) is 0 Å². The van der Waals surface area contributed by atoms with E-state index in [1.54, 1.807) is 0 Å². The molecule has 0 saturated heterocycles. The Morgan fingerprint density at radius 1 is 1.38 bits per heavy atom. The molecule has 0 aromatic heterocycles. The van der Waals surface area contributed by atoms with Crippen LogP contribution in [0, 0.1) is 0 Å². The van der Waals surface area contributed by atoms with E-state index in [0.717, 1.165) is 0 Å². The second-order valence-electron chi connectivity index (χ2n) is 1.98. The number of carboxylic acid groups (broad SMARTS) is 1. The second-order valence-corrected chi connectivity index (χ2v) is 1.98. The van der Waals surface area contributed by atoms with Gasteiger partial charge in [-0.1, -0.05) is 6.58 Å². The molecule has 13 heavy (non-hydrogen) atoms. The molecule has 0 aliphatic rings. The van der Waals surface area contributed by atoms with E-state index in [1.165, 1.54) is 0 Å². The SMILES string of the molecule is C=C(COC(=O)C(F)(F)F)C(=O)O. The van der Waals surface area contributed by atoms with Crippen LogP contribution in [-0.4, -0.2) is 29.8 Å². The third-order valence-electron chi connectivity index (χ3n) is 0.911. The van der Waals surface area contributed by atoms with Crippen LogP contribution >= 0.6 is 0 Å². The number of esters is 1. The van der Waals surface area contributed by atoms with Gasteiger partial charge in [-0.2, -0.15) is 13.2 Å². The molecule has 0 atom stereocenters. The summed E-state index contributed by atoms with van der Waals surface area (Å²) < 4.78 is 37.9. The van der Waals surface area contributed by atoms with E-state index in [1.807, 2.05) is 0 Å². The molecule has 0 radical (unpaired) electrons. The summed E-state index contributed by atoms with van der Waals surface area (Å²) >= 11 is 0. The number of hydrogen-bond acceptors (Lipinski definition) is 3. The normalized spacial score (nSPS) is 10.7. The van der Waals surface area contributed by atoms with Gasteiger partial charge in [0.1, 0.15) is 6.61 Å². The molecule has 7 heteroatoms. The third kappa shape index (κ3) is 4.14. The molecule has 0 aromatic rings. The largest absolute Gasteiger partial charge is 0.490 e. The van der Waals surface area contributed by atoms with Crippen LogP contribution in [0.15, 0.2) is 12.2 Å². The smallest absolute Gasteiger partial charge is 0.478 e. The molecule has 4 nitrogen and oxygen atoms in total. The molecule has 0 aromatic carbocycles. The third-order valence-corrected chi connectivity index (χ3v) is 0.911. The molecule has 0 fully saturated rings. The second kappa shape index (κ2) is 3.92. The molecule has 0 saturated carbocycles. The van der Waals surface area contributed by atoms with E-state index >= 15 is 0 Å².